The van der Waals surface area contributed by atoms with Gasteiger partial charge in [0.2, 0.25) is 0 Å². The molecule has 3 unspecified atom stereocenters. The summed E-state index contributed by atoms with van der Waals surface area (Å²) in [5, 5.41) is 10.6. The summed E-state index contributed by atoms with van der Waals surface area (Å²) in [6.07, 6.45) is 53.9. The van der Waals surface area contributed by atoms with Gasteiger partial charge in [-0.05, 0) is 37.5 Å². The minimum Gasteiger partial charge on any atom is -0.462 e. The van der Waals surface area contributed by atoms with Gasteiger partial charge in [-0.1, -0.05) is 337 Å². The summed E-state index contributed by atoms with van der Waals surface area (Å²) in [6.45, 7) is 9.64. The number of ether oxygens (including phenoxy) is 4. The third kappa shape index (κ3) is 67.3. The van der Waals surface area contributed by atoms with Gasteiger partial charge < -0.3 is 33.8 Å². The van der Waals surface area contributed by atoms with E-state index in [1.54, 1.807) is 0 Å². The number of aliphatic hydroxyl groups excluding tert-OH is 1. The lowest BCUT2D eigenvalue weighted by molar-refractivity contribution is -0.161. The van der Waals surface area contributed by atoms with Crippen molar-refractivity contribution in [3.63, 3.8) is 0 Å². The van der Waals surface area contributed by atoms with Crippen molar-refractivity contribution in [3.05, 3.63) is 0 Å². The lowest BCUT2D eigenvalue weighted by Crippen LogP contribution is -2.30. The van der Waals surface area contributed by atoms with Gasteiger partial charge in [0.25, 0.3) is 0 Å². The zero-order valence-electron chi connectivity index (χ0n) is 61.3. The van der Waals surface area contributed by atoms with Crippen LogP contribution in [0.4, 0.5) is 0 Å². The predicted molar refractivity (Wildman–Crippen MR) is 381 cm³/mol. The molecule has 0 aromatic heterocycles. The molecule has 0 rings (SSSR count). The number of phosphoric acid groups is 2. The van der Waals surface area contributed by atoms with Crippen molar-refractivity contribution in [1.82, 2.24) is 0 Å². The molecule has 94 heavy (non-hydrogen) atoms. The van der Waals surface area contributed by atoms with Crippen LogP contribution in [0.2, 0.25) is 0 Å². The van der Waals surface area contributed by atoms with Crippen LogP contribution in [0.15, 0.2) is 0 Å². The SMILES string of the molecule is CCCCCCCCCCCCCCCC(=O)O[C@H](COC(=O)CCCCCCCCCCC)COP(=O)(O)OC[C@H](O)COP(=O)(O)OC[C@@H](COC(=O)CCCCCCCCCCCCCC(C)C)OC(=O)CCCCCCCCCCCCCCCCC(C)CC. The van der Waals surface area contributed by atoms with Crippen molar-refractivity contribution in [2.24, 2.45) is 11.8 Å². The van der Waals surface area contributed by atoms with Gasteiger partial charge in [0.1, 0.15) is 19.3 Å². The fourth-order valence-corrected chi connectivity index (χ4v) is 13.0. The highest BCUT2D eigenvalue weighted by atomic mass is 31.2. The zero-order chi connectivity index (χ0) is 69.3. The van der Waals surface area contributed by atoms with Crippen LogP contribution < -0.4 is 0 Å². The number of carbonyl (C=O) groups is 4. The third-order valence-corrected chi connectivity index (χ3v) is 19.7. The molecular weight excluding hydrogens is 1230 g/mol. The maximum atomic E-state index is 13.1. The minimum atomic E-state index is -4.96. The van der Waals surface area contributed by atoms with Gasteiger partial charge in [0.15, 0.2) is 12.2 Å². The first-order chi connectivity index (χ1) is 45.4. The van der Waals surface area contributed by atoms with Gasteiger partial charge in [0, 0.05) is 25.7 Å². The van der Waals surface area contributed by atoms with Crippen LogP contribution in [-0.2, 0) is 65.4 Å². The number of unbranched alkanes of at least 4 members (excludes halogenated alkanes) is 43. The molecule has 3 N–H and O–H groups in total. The molecule has 0 spiro atoms. The van der Waals surface area contributed by atoms with E-state index in [0.29, 0.717) is 25.7 Å². The van der Waals surface area contributed by atoms with Crippen molar-refractivity contribution in [2.45, 2.75) is 407 Å². The zero-order valence-corrected chi connectivity index (χ0v) is 63.1. The molecule has 0 heterocycles. The molecule has 6 atom stereocenters. The van der Waals surface area contributed by atoms with E-state index in [-0.39, 0.29) is 25.7 Å². The maximum absolute atomic E-state index is 13.1. The summed E-state index contributed by atoms with van der Waals surface area (Å²) in [5.74, 6) is -0.499. The molecule has 0 aliphatic carbocycles. The Morgan fingerprint density at radius 2 is 0.543 bits per heavy atom. The number of hydrogen-bond acceptors (Lipinski definition) is 15. The number of hydrogen-bond donors (Lipinski definition) is 3. The second-order valence-electron chi connectivity index (χ2n) is 27.8. The van der Waals surface area contributed by atoms with Crippen LogP contribution in [0.25, 0.3) is 0 Å². The van der Waals surface area contributed by atoms with Gasteiger partial charge in [-0.25, -0.2) is 9.13 Å². The van der Waals surface area contributed by atoms with Crippen molar-refractivity contribution in [3.8, 4) is 0 Å². The number of carbonyl (C=O) groups excluding carboxylic acids is 4. The lowest BCUT2D eigenvalue weighted by atomic mass is 9.99. The molecular formula is C75H146O17P2. The van der Waals surface area contributed by atoms with E-state index in [2.05, 4.69) is 41.5 Å². The topological polar surface area (TPSA) is 237 Å². The first-order valence-electron chi connectivity index (χ1n) is 39.0. The monoisotopic (exact) mass is 1380 g/mol. The van der Waals surface area contributed by atoms with Crippen LogP contribution >= 0.6 is 15.6 Å². The van der Waals surface area contributed by atoms with Gasteiger partial charge >= 0.3 is 39.5 Å². The number of phosphoric ester groups is 2. The number of esters is 4. The average molecular weight is 1380 g/mol. The highest BCUT2D eigenvalue weighted by Gasteiger charge is 2.30. The summed E-state index contributed by atoms with van der Waals surface area (Å²) < 4.78 is 68.5. The Labute approximate surface area is 575 Å². The van der Waals surface area contributed by atoms with E-state index in [1.807, 2.05) is 0 Å². The first kappa shape index (κ1) is 92.1. The fraction of sp³-hybridized carbons (Fsp3) is 0.947. The van der Waals surface area contributed by atoms with Gasteiger partial charge in [-0.3, -0.25) is 37.3 Å². The van der Waals surface area contributed by atoms with Crippen molar-refractivity contribution < 1.29 is 80.2 Å². The van der Waals surface area contributed by atoms with Crippen molar-refractivity contribution in [1.29, 1.82) is 0 Å². The predicted octanol–water partition coefficient (Wildman–Crippen LogP) is 21.9. The number of aliphatic hydroxyl groups is 1. The smallest absolute Gasteiger partial charge is 0.462 e. The average Bonchev–Trinajstić information content (AvgIpc) is 2.40. The van der Waals surface area contributed by atoms with Gasteiger partial charge in [-0.2, -0.15) is 0 Å². The Hall–Kier alpha value is -1.94. The quantitative estimate of drug-likeness (QED) is 0.0222. The normalized spacial score (nSPS) is 14.3. The Kier molecular flexibility index (Phi) is 65.5. The Balaban J connectivity index is 5.23. The van der Waals surface area contributed by atoms with Crippen LogP contribution in [0.5, 0.6) is 0 Å². The molecule has 0 aliphatic rings. The largest absolute Gasteiger partial charge is 0.472 e. The molecule has 0 saturated heterocycles. The molecule has 0 fully saturated rings. The van der Waals surface area contributed by atoms with E-state index in [1.165, 1.54) is 205 Å². The van der Waals surface area contributed by atoms with E-state index in [4.69, 9.17) is 37.0 Å². The Morgan fingerprint density at radius 3 is 0.809 bits per heavy atom. The van der Waals surface area contributed by atoms with E-state index in [9.17, 15) is 43.2 Å². The summed E-state index contributed by atoms with van der Waals surface area (Å²) >= 11 is 0. The standard InChI is InChI=1S/C75H146O17P2/c1-7-10-12-14-16-18-19-22-28-35-41-47-53-59-74(79)91-70(63-85-72(77)57-51-45-39-31-17-15-13-11-8-2)65-89-93(81,82)87-61-69(76)62-88-94(83,84)90-66-71(64-86-73(78)58-52-46-40-34-30-25-26-32-37-43-49-55-67(4)5)92-75(80)60-54-48-42-36-29-24-21-20-23-27-33-38-44-50-56-68(6)9-3/h67-71,76H,7-66H2,1-6H3,(H,81,82)(H,83,84)/t68?,69-,70+,71+/m0/s1. The second-order valence-corrected chi connectivity index (χ2v) is 30.7. The molecule has 0 saturated carbocycles. The van der Waals surface area contributed by atoms with Gasteiger partial charge in [0.05, 0.1) is 26.4 Å². The Morgan fingerprint density at radius 1 is 0.309 bits per heavy atom. The Bertz CT molecular complexity index is 1820. The van der Waals surface area contributed by atoms with Crippen LogP contribution in [-0.4, -0.2) is 96.7 Å². The third-order valence-electron chi connectivity index (χ3n) is 17.8. The van der Waals surface area contributed by atoms with Crippen molar-refractivity contribution >= 4 is 39.5 Å². The second kappa shape index (κ2) is 66.9. The van der Waals surface area contributed by atoms with Crippen LogP contribution in [0.3, 0.4) is 0 Å². The highest BCUT2D eigenvalue weighted by Crippen LogP contribution is 2.45. The maximum Gasteiger partial charge on any atom is 0.472 e. The summed E-state index contributed by atoms with van der Waals surface area (Å²) in [7, 11) is -9.91. The summed E-state index contributed by atoms with van der Waals surface area (Å²) in [6, 6.07) is 0. The molecule has 0 aromatic carbocycles. The molecule has 19 heteroatoms. The van der Waals surface area contributed by atoms with Crippen LogP contribution in [0, 0.1) is 11.8 Å². The highest BCUT2D eigenvalue weighted by molar-refractivity contribution is 7.47. The van der Waals surface area contributed by atoms with E-state index in [0.717, 1.165) is 102 Å². The first-order valence-corrected chi connectivity index (χ1v) is 42.0. The summed E-state index contributed by atoms with van der Waals surface area (Å²) in [4.78, 5) is 72.7. The minimum absolute atomic E-state index is 0.108. The lowest BCUT2D eigenvalue weighted by Gasteiger charge is -2.21. The van der Waals surface area contributed by atoms with E-state index < -0.39 is 97.5 Å². The number of rotatable bonds is 74. The van der Waals surface area contributed by atoms with Crippen molar-refractivity contribution in [2.75, 3.05) is 39.6 Å². The molecule has 0 amide bonds. The van der Waals surface area contributed by atoms with Gasteiger partial charge in [-0.15, -0.1) is 0 Å². The molecule has 558 valence electrons. The molecule has 0 aromatic rings. The molecule has 0 radical (unpaired) electrons. The molecule has 0 aliphatic heterocycles. The molecule has 17 nitrogen and oxygen atoms in total. The van der Waals surface area contributed by atoms with Crippen LogP contribution in [0.1, 0.15) is 388 Å². The summed E-state index contributed by atoms with van der Waals surface area (Å²) in [5.41, 5.74) is 0. The van der Waals surface area contributed by atoms with E-state index >= 15 is 0 Å². The molecule has 0 bridgehead atoms. The fourth-order valence-electron chi connectivity index (χ4n) is 11.4.